The van der Waals surface area contributed by atoms with E-state index in [0.717, 1.165) is 6.07 Å². The summed E-state index contributed by atoms with van der Waals surface area (Å²) in [4.78, 5) is 16.2. The van der Waals surface area contributed by atoms with E-state index in [4.69, 9.17) is 21.0 Å². The van der Waals surface area contributed by atoms with Gasteiger partial charge in [-0.3, -0.25) is 4.79 Å². The summed E-state index contributed by atoms with van der Waals surface area (Å²) < 4.78 is 32.9. The van der Waals surface area contributed by atoms with Crippen LogP contribution in [0.1, 0.15) is 23.8 Å². The lowest BCUT2D eigenvalue weighted by Gasteiger charge is -2.16. The number of hydrogen-bond donors (Lipinski definition) is 6. The van der Waals surface area contributed by atoms with E-state index in [1.807, 2.05) is 0 Å². The molecule has 180 valence electrons. The van der Waals surface area contributed by atoms with Gasteiger partial charge >= 0.3 is 5.97 Å². The summed E-state index contributed by atoms with van der Waals surface area (Å²) >= 11 is 0. The largest absolute Gasteiger partial charge is 0.493 e. The fraction of sp³-hybridized carbons (Fsp3) is 0.300. The number of carboxylic acids is 1. The Hall–Kier alpha value is -3.39. The summed E-state index contributed by atoms with van der Waals surface area (Å²) in [7, 11) is -4.23. The van der Waals surface area contributed by atoms with Crippen LogP contribution in [0.3, 0.4) is 0 Å². The quantitative estimate of drug-likeness (QED) is 0.0717. The van der Waals surface area contributed by atoms with Crippen molar-refractivity contribution >= 4 is 22.0 Å². The number of ether oxygens (including phenoxy) is 1. The molecule has 0 radical (unpaired) electrons. The highest BCUT2D eigenvalue weighted by Gasteiger charge is 2.26. The molecule has 0 aromatic heterocycles. The SMILES string of the molecule is NC(N)=NOCCCOc1ccc(CC(NS(=O)(=O)c2cccc(C(O)O)c2)C(=O)O)cc1. The molecule has 0 saturated heterocycles. The van der Waals surface area contributed by atoms with Crippen molar-refractivity contribution < 1.29 is 38.1 Å². The van der Waals surface area contributed by atoms with Crippen molar-refractivity contribution in [3.8, 4) is 5.75 Å². The van der Waals surface area contributed by atoms with E-state index in [-0.39, 0.29) is 29.4 Å². The van der Waals surface area contributed by atoms with Crippen LogP contribution in [0.4, 0.5) is 0 Å². The Labute approximate surface area is 190 Å². The van der Waals surface area contributed by atoms with Crippen LogP contribution >= 0.6 is 0 Å². The number of sulfonamides is 1. The molecule has 1 unspecified atom stereocenters. The maximum atomic E-state index is 12.6. The zero-order chi connectivity index (χ0) is 24.4. The minimum Gasteiger partial charge on any atom is -0.493 e. The molecule has 0 fully saturated rings. The second-order valence-electron chi connectivity index (χ2n) is 6.86. The Balaban J connectivity index is 1.97. The Kier molecular flexibility index (Phi) is 9.42. The third-order valence-electron chi connectivity index (χ3n) is 4.24. The van der Waals surface area contributed by atoms with E-state index in [1.165, 1.54) is 18.2 Å². The molecule has 0 bridgehead atoms. The minimum absolute atomic E-state index is 0.0388. The Morgan fingerprint density at radius 1 is 1.09 bits per heavy atom. The van der Waals surface area contributed by atoms with Crippen molar-refractivity contribution in [2.24, 2.45) is 16.6 Å². The van der Waals surface area contributed by atoms with Crippen LogP contribution < -0.4 is 20.9 Å². The second-order valence-corrected chi connectivity index (χ2v) is 8.57. The standard InChI is InChI=1S/C20H26N4O8S/c21-20(22)23-32-10-2-9-31-15-7-5-13(6-8-15)11-17(19(27)28)24-33(29,30)16-4-1-3-14(12-16)18(25)26/h1,3-8,12,17-18,24-26H,2,9-11H2,(H,27,28)(H4,21,22,23). The summed E-state index contributed by atoms with van der Waals surface area (Å²) in [5.41, 5.74) is 10.8. The maximum absolute atomic E-state index is 12.6. The lowest BCUT2D eigenvalue weighted by molar-refractivity contribution is -0.138. The molecule has 33 heavy (non-hydrogen) atoms. The van der Waals surface area contributed by atoms with Crippen LogP contribution in [-0.4, -0.2) is 54.9 Å². The van der Waals surface area contributed by atoms with E-state index in [2.05, 4.69) is 9.88 Å². The first-order valence-corrected chi connectivity index (χ1v) is 11.2. The molecule has 0 saturated carbocycles. The molecule has 0 aliphatic rings. The number of oxime groups is 1. The van der Waals surface area contributed by atoms with Crippen molar-refractivity contribution in [2.75, 3.05) is 13.2 Å². The molecule has 0 amide bonds. The number of hydrogen-bond acceptors (Lipinski definition) is 8. The van der Waals surface area contributed by atoms with Gasteiger partial charge in [0.2, 0.25) is 16.0 Å². The van der Waals surface area contributed by atoms with Crippen LogP contribution in [0.5, 0.6) is 5.75 Å². The van der Waals surface area contributed by atoms with Gasteiger partial charge in [-0.15, -0.1) is 0 Å². The molecule has 0 heterocycles. The monoisotopic (exact) mass is 482 g/mol. The van der Waals surface area contributed by atoms with Gasteiger partial charge in [0.15, 0.2) is 6.29 Å². The van der Waals surface area contributed by atoms with Crippen molar-refractivity contribution in [3.05, 3.63) is 59.7 Å². The first kappa shape index (κ1) is 25.9. The number of nitrogens with one attached hydrogen (secondary N) is 1. The van der Waals surface area contributed by atoms with Gasteiger partial charge in [-0.1, -0.05) is 24.3 Å². The van der Waals surface area contributed by atoms with Gasteiger partial charge in [-0.05, 0) is 41.4 Å². The van der Waals surface area contributed by atoms with E-state index in [9.17, 15) is 28.5 Å². The number of aliphatic carboxylic acids is 1. The number of rotatable bonds is 13. The zero-order valence-electron chi connectivity index (χ0n) is 17.5. The Bertz CT molecular complexity index is 1050. The normalized spacial score (nSPS) is 12.2. The van der Waals surface area contributed by atoms with E-state index >= 15 is 0 Å². The number of benzene rings is 2. The van der Waals surface area contributed by atoms with Gasteiger partial charge < -0.3 is 36.4 Å². The summed E-state index contributed by atoms with van der Waals surface area (Å²) in [5, 5.41) is 31.3. The molecule has 2 aromatic rings. The summed E-state index contributed by atoms with van der Waals surface area (Å²) in [6, 6.07) is 10.00. The van der Waals surface area contributed by atoms with Crippen molar-refractivity contribution in [2.45, 2.75) is 30.1 Å². The predicted molar refractivity (Wildman–Crippen MR) is 117 cm³/mol. The number of aliphatic hydroxyl groups is 2. The average Bonchev–Trinajstić information content (AvgIpc) is 2.76. The molecule has 0 spiro atoms. The summed E-state index contributed by atoms with van der Waals surface area (Å²) in [6.07, 6.45) is -1.46. The van der Waals surface area contributed by atoms with Crippen LogP contribution in [0.15, 0.2) is 58.6 Å². The van der Waals surface area contributed by atoms with Gasteiger partial charge in [-0.25, -0.2) is 8.42 Å². The molecule has 0 aliphatic heterocycles. The lowest BCUT2D eigenvalue weighted by Crippen LogP contribution is -2.42. The smallest absolute Gasteiger partial charge is 0.322 e. The highest BCUT2D eigenvalue weighted by atomic mass is 32.2. The van der Waals surface area contributed by atoms with Crippen molar-refractivity contribution in [1.29, 1.82) is 0 Å². The second kappa shape index (κ2) is 12.0. The number of nitrogens with zero attached hydrogens (tertiary/aromatic N) is 1. The molecule has 2 aromatic carbocycles. The highest BCUT2D eigenvalue weighted by Crippen LogP contribution is 2.18. The number of aliphatic hydroxyl groups excluding tert-OH is 1. The third-order valence-corrected chi connectivity index (χ3v) is 5.71. The molecule has 1 atom stereocenters. The molecular formula is C20H26N4O8S. The van der Waals surface area contributed by atoms with Gasteiger partial charge in [0.1, 0.15) is 18.4 Å². The van der Waals surface area contributed by atoms with Crippen molar-refractivity contribution in [1.82, 2.24) is 4.72 Å². The summed E-state index contributed by atoms with van der Waals surface area (Å²) in [5.74, 6) is -1.00. The van der Waals surface area contributed by atoms with Crippen molar-refractivity contribution in [3.63, 3.8) is 0 Å². The Morgan fingerprint density at radius 2 is 1.79 bits per heavy atom. The first-order chi connectivity index (χ1) is 15.6. The molecule has 0 aliphatic carbocycles. The summed E-state index contributed by atoms with van der Waals surface area (Å²) in [6.45, 7) is 0.592. The average molecular weight is 483 g/mol. The number of carbonyl (C=O) groups is 1. The minimum atomic E-state index is -4.23. The number of guanidine groups is 1. The maximum Gasteiger partial charge on any atom is 0.322 e. The first-order valence-electron chi connectivity index (χ1n) is 9.72. The fourth-order valence-corrected chi connectivity index (χ4v) is 3.91. The van der Waals surface area contributed by atoms with E-state index in [0.29, 0.717) is 24.3 Å². The third kappa shape index (κ3) is 8.57. The number of carboxylic acid groups (broad SMARTS) is 1. The lowest BCUT2D eigenvalue weighted by atomic mass is 10.1. The van der Waals surface area contributed by atoms with Gasteiger partial charge in [0, 0.05) is 12.0 Å². The highest BCUT2D eigenvalue weighted by molar-refractivity contribution is 7.89. The predicted octanol–water partition coefficient (Wildman–Crippen LogP) is -0.382. The molecule has 12 nitrogen and oxygen atoms in total. The molecule has 13 heteroatoms. The van der Waals surface area contributed by atoms with Crippen LogP contribution in [0, 0.1) is 0 Å². The van der Waals surface area contributed by atoms with E-state index < -0.39 is 28.3 Å². The van der Waals surface area contributed by atoms with Gasteiger partial charge in [-0.2, -0.15) is 4.72 Å². The van der Waals surface area contributed by atoms with Gasteiger partial charge in [0.05, 0.1) is 11.5 Å². The zero-order valence-corrected chi connectivity index (χ0v) is 18.3. The number of nitrogens with two attached hydrogens (primary N) is 2. The molecule has 2 rings (SSSR count). The molecular weight excluding hydrogens is 456 g/mol. The topological polar surface area (TPSA) is 207 Å². The van der Waals surface area contributed by atoms with Crippen LogP contribution in [0.2, 0.25) is 0 Å². The molecule has 8 N–H and O–H groups in total. The van der Waals surface area contributed by atoms with Gasteiger partial charge in [0.25, 0.3) is 0 Å². The van der Waals surface area contributed by atoms with E-state index in [1.54, 1.807) is 24.3 Å². The fourth-order valence-electron chi connectivity index (χ4n) is 2.67. The Morgan fingerprint density at radius 3 is 2.39 bits per heavy atom. The van der Waals surface area contributed by atoms with Crippen LogP contribution in [0.25, 0.3) is 0 Å². The van der Waals surface area contributed by atoms with Crippen LogP contribution in [-0.2, 0) is 26.1 Å².